The van der Waals surface area contributed by atoms with Gasteiger partial charge in [-0.2, -0.15) is 4.39 Å². The van der Waals surface area contributed by atoms with Crippen molar-refractivity contribution in [2.24, 2.45) is 0 Å². The van der Waals surface area contributed by atoms with Crippen LogP contribution in [0.1, 0.15) is 5.56 Å². The van der Waals surface area contributed by atoms with Crippen molar-refractivity contribution in [2.75, 3.05) is 0 Å². The van der Waals surface area contributed by atoms with Crippen LogP contribution < -0.4 is 4.74 Å². The first-order valence-electron chi connectivity index (χ1n) is 3.80. The van der Waals surface area contributed by atoms with E-state index < -0.39 is 12.3 Å². The maximum absolute atomic E-state index is 12.6. The number of hydrogen-bond acceptors (Lipinski definition) is 2. The van der Waals surface area contributed by atoms with Crippen LogP contribution in [0.2, 0.25) is 5.02 Å². The molecule has 5 heteroatoms. The molecule has 0 radical (unpaired) electrons. The molecular weight excluding hydrogens is 211 g/mol. The standard InChI is InChI=1S/C9H8ClFO3/c1-5-4-6(2-3-7(5)10)14-8(11)9(12)13/h2-4,8H,1H3,(H,12,13). The molecule has 0 saturated carbocycles. The second kappa shape index (κ2) is 4.28. The van der Waals surface area contributed by atoms with Crippen LogP contribution in [0.25, 0.3) is 0 Å². The van der Waals surface area contributed by atoms with E-state index in [4.69, 9.17) is 16.7 Å². The lowest BCUT2D eigenvalue weighted by Crippen LogP contribution is -2.21. The molecule has 1 aromatic rings. The van der Waals surface area contributed by atoms with E-state index in [1.807, 2.05) is 0 Å². The summed E-state index contributed by atoms with van der Waals surface area (Å²) in [7, 11) is 0. The van der Waals surface area contributed by atoms with E-state index in [0.717, 1.165) is 0 Å². The van der Waals surface area contributed by atoms with E-state index in [0.29, 0.717) is 10.6 Å². The maximum atomic E-state index is 12.6. The van der Waals surface area contributed by atoms with Gasteiger partial charge >= 0.3 is 12.3 Å². The van der Waals surface area contributed by atoms with Crippen molar-refractivity contribution in [3.05, 3.63) is 28.8 Å². The van der Waals surface area contributed by atoms with E-state index in [1.54, 1.807) is 6.92 Å². The highest BCUT2D eigenvalue weighted by Gasteiger charge is 2.17. The van der Waals surface area contributed by atoms with Gasteiger partial charge in [0, 0.05) is 5.02 Å². The third-order valence-electron chi connectivity index (χ3n) is 1.56. The van der Waals surface area contributed by atoms with E-state index in [9.17, 15) is 9.18 Å². The molecule has 3 nitrogen and oxygen atoms in total. The van der Waals surface area contributed by atoms with Crippen LogP contribution in [0.15, 0.2) is 18.2 Å². The summed E-state index contributed by atoms with van der Waals surface area (Å²) in [5.41, 5.74) is 0.696. The molecule has 1 unspecified atom stereocenters. The van der Waals surface area contributed by atoms with Gasteiger partial charge in [0.05, 0.1) is 0 Å². The largest absolute Gasteiger partial charge is 0.476 e. The zero-order valence-electron chi connectivity index (χ0n) is 7.33. The molecule has 0 aromatic heterocycles. The number of aryl methyl sites for hydroxylation is 1. The van der Waals surface area contributed by atoms with Crippen LogP contribution in [-0.2, 0) is 4.79 Å². The van der Waals surface area contributed by atoms with Gasteiger partial charge in [-0.1, -0.05) is 11.6 Å². The average molecular weight is 219 g/mol. The molecule has 1 aromatic carbocycles. The number of benzene rings is 1. The van der Waals surface area contributed by atoms with Crippen molar-refractivity contribution in [1.29, 1.82) is 0 Å². The molecule has 0 amide bonds. The third kappa shape index (κ3) is 2.60. The summed E-state index contributed by atoms with van der Waals surface area (Å²) < 4.78 is 17.1. The van der Waals surface area contributed by atoms with E-state index >= 15 is 0 Å². The van der Waals surface area contributed by atoms with Crippen molar-refractivity contribution in [3.63, 3.8) is 0 Å². The highest BCUT2D eigenvalue weighted by molar-refractivity contribution is 6.31. The molecule has 0 aliphatic carbocycles. The SMILES string of the molecule is Cc1cc(OC(F)C(=O)O)ccc1Cl. The normalized spacial score (nSPS) is 12.2. The fourth-order valence-corrected chi connectivity index (χ4v) is 0.978. The summed E-state index contributed by atoms with van der Waals surface area (Å²) in [5.74, 6) is -1.51. The molecule has 1 N–H and O–H groups in total. The van der Waals surface area contributed by atoms with Crippen LogP contribution in [-0.4, -0.2) is 17.4 Å². The second-order valence-electron chi connectivity index (χ2n) is 2.68. The smallest absolute Gasteiger partial charge is 0.378 e. The monoisotopic (exact) mass is 218 g/mol. The molecular formula is C9H8ClFO3. The fourth-order valence-electron chi connectivity index (χ4n) is 0.860. The minimum absolute atomic E-state index is 0.141. The first-order valence-corrected chi connectivity index (χ1v) is 4.18. The first kappa shape index (κ1) is 10.8. The van der Waals surface area contributed by atoms with Gasteiger partial charge in [-0.05, 0) is 30.7 Å². The van der Waals surface area contributed by atoms with Gasteiger partial charge in [-0.15, -0.1) is 0 Å². The zero-order valence-corrected chi connectivity index (χ0v) is 8.08. The number of hydrogen-bond donors (Lipinski definition) is 1. The molecule has 0 spiro atoms. The summed E-state index contributed by atoms with van der Waals surface area (Å²) in [4.78, 5) is 10.1. The van der Waals surface area contributed by atoms with Crippen molar-refractivity contribution in [2.45, 2.75) is 13.3 Å². The van der Waals surface area contributed by atoms with Crippen LogP contribution >= 0.6 is 11.6 Å². The molecule has 0 heterocycles. The molecule has 1 rings (SSSR count). The van der Waals surface area contributed by atoms with Gasteiger partial charge in [-0.3, -0.25) is 0 Å². The van der Waals surface area contributed by atoms with Gasteiger partial charge in [-0.25, -0.2) is 4.79 Å². The Labute approximate surface area is 85.1 Å². The number of ether oxygens (including phenoxy) is 1. The zero-order chi connectivity index (χ0) is 10.7. The Bertz CT molecular complexity index is 354. The summed E-state index contributed by atoms with van der Waals surface area (Å²) in [6.07, 6.45) is -2.35. The lowest BCUT2D eigenvalue weighted by molar-refractivity contribution is -0.153. The molecule has 0 aliphatic heterocycles. The van der Waals surface area contributed by atoms with Crippen molar-refractivity contribution in [1.82, 2.24) is 0 Å². The number of aliphatic carboxylic acids is 1. The fraction of sp³-hybridized carbons (Fsp3) is 0.222. The highest BCUT2D eigenvalue weighted by atomic mass is 35.5. The summed E-state index contributed by atoms with van der Waals surface area (Å²) >= 11 is 5.71. The van der Waals surface area contributed by atoms with Crippen LogP contribution in [0.3, 0.4) is 0 Å². The topological polar surface area (TPSA) is 46.5 Å². The number of carboxylic acid groups (broad SMARTS) is 1. The van der Waals surface area contributed by atoms with Crippen LogP contribution in [0.4, 0.5) is 4.39 Å². The Morgan fingerprint density at radius 2 is 2.29 bits per heavy atom. The summed E-state index contributed by atoms with van der Waals surface area (Å²) in [6, 6.07) is 4.39. The molecule has 0 fully saturated rings. The predicted octanol–water partition coefficient (Wildman–Crippen LogP) is 2.41. The lowest BCUT2D eigenvalue weighted by atomic mass is 10.2. The van der Waals surface area contributed by atoms with E-state index in [2.05, 4.69) is 4.74 Å². The third-order valence-corrected chi connectivity index (χ3v) is 1.99. The van der Waals surface area contributed by atoms with E-state index in [-0.39, 0.29) is 5.75 Å². The lowest BCUT2D eigenvalue weighted by Gasteiger charge is -2.08. The molecule has 14 heavy (non-hydrogen) atoms. The minimum atomic E-state index is -2.35. The molecule has 0 aliphatic rings. The molecule has 76 valence electrons. The van der Waals surface area contributed by atoms with Gasteiger partial charge in [0.25, 0.3) is 0 Å². The van der Waals surface area contributed by atoms with E-state index in [1.165, 1.54) is 18.2 Å². The Hall–Kier alpha value is -1.29. The Morgan fingerprint density at radius 3 is 2.79 bits per heavy atom. The number of halogens is 2. The Morgan fingerprint density at radius 1 is 1.64 bits per heavy atom. The summed E-state index contributed by atoms with van der Waals surface area (Å²) in [5, 5.41) is 8.76. The van der Waals surface area contributed by atoms with Gasteiger partial charge < -0.3 is 9.84 Å². The second-order valence-corrected chi connectivity index (χ2v) is 3.09. The number of carboxylic acids is 1. The van der Waals surface area contributed by atoms with Crippen molar-refractivity contribution in [3.8, 4) is 5.75 Å². The average Bonchev–Trinajstić information content (AvgIpc) is 2.11. The first-order chi connectivity index (χ1) is 6.50. The van der Waals surface area contributed by atoms with Gasteiger partial charge in [0.1, 0.15) is 5.75 Å². The minimum Gasteiger partial charge on any atom is -0.476 e. The number of rotatable bonds is 3. The molecule has 0 bridgehead atoms. The quantitative estimate of drug-likeness (QED) is 0.848. The molecule has 1 atom stereocenters. The molecule has 0 saturated heterocycles. The number of alkyl halides is 1. The Balaban J connectivity index is 2.78. The predicted molar refractivity (Wildman–Crippen MR) is 49.3 cm³/mol. The maximum Gasteiger partial charge on any atom is 0.378 e. The van der Waals surface area contributed by atoms with Gasteiger partial charge in [0.2, 0.25) is 0 Å². The van der Waals surface area contributed by atoms with Crippen molar-refractivity contribution < 1.29 is 19.0 Å². The van der Waals surface area contributed by atoms with Crippen LogP contribution in [0.5, 0.6) is 5.75 Å². The highest BCUT2D eigenvalue weighted by Crippen LogP contribution is 2.21. The van der Waals surface area contributed by atoms with Crippen LogP contribution in [0, 0.1) is 6.92 Å². The van der Waals surface area contributed by atoms with Gasteiger partial charge in [0.15, 0.2) is 0 Å². The Kier molecular flexibility index (Phi) is 3.30. The van der Waals surface area contributed by atoms with Crippen molar-refractivity contribution >= 4 is 17.6 Å². The summed E-state index contributed by atoms with van der Waals surface area (Å²) in [6.45, 7) is 1.71. The number of carbonyl (C=O) groups is 1.